The molecule has 2 aromatic carbocycles. The fourth-order valence-electron chi connectivity index (χ4n) is 2.30. The van der Waals surface area contributed by atoms with Gasteiger partial charge in [0.25, 0.3) is 0 Å². The van der Waals surface area contributed by atoms with Crippen molar-refractivity contribution in [2.24, 2.45) is 0 Å². The lowest BCUT2D eigenvalue weighted by molar-refractivity contribution is -0.136. The minimum atomic E-state index is -0.837. The molecule has 6 heteroatoms. The molecule has 3 nitrogen and oxygen atoms in total. The van der Waals surface area contributed by atoms with Gasteiger partial charge in [-0.1, -0.05) is 41.4 Å². The van der Waals surface area contributed by atoms with Crippen LogP contribution in [0.25, 0.3) is 21.9 Å². The number of nitrogens with zero attached hydrogens (tertiary/aromatic N) is 1. The van der Waals surface area contributed by atoms with Gasteiger partial charge < -0.3 is 5.11 Å². The predicted molar refractivity (Wildman–Crippen MR) is 101 cm³/mol. The first-order chi connectivity index (χ1) is 11.5. The second-order valence-electron chi connectivity index (χ2n) is 5.22. The maximum atomic E-state index is 11.0. The van der Waals surface area contributed by atoms with Crippen LogP contribution in [-0.2, 0) is 4.79 Å². The first-order valence-electron chi connectivity index (χ1n) is 7.26. The number of hydrogen-bond donors (Lipinski definition) is 1. The van der Waals surface area contributed by atoms with Gasteiger partial charge in [0, 0.05) is 6.42 Å². The standard InChI is InChI=1S/C18H13Cl2NO2S/c19-13-7-5-11(10-14(13)20)9-12(6-8-17(22)23)18-21-15-3-1-2-4-16(15)24-18/h1-5,7,9-10H,6,8H2,(H,22,23)/b12-9-. The van der Waals surface area contributed by atoms with E-state index >= 15 is 0 Å². The molecule has 0 saturated carbocycles. The van der Waals surface area contributed by atoms with Crippen molar-refractivity contribution in [3.8, 4) is 0 Å². The number of rotatable bonds is 5. The lowest BCUT2D eigenvalue weighted by Gasteiger charge is -2.04. The topological polar surface area (TPSA) is 50.2 Å². The number of halogens is 2. The van der Waals surface area contributed by atoms with Crippen LogP contribution in [0.1, 0.15) is 23.4 Å². The predicted octanol–water partition coefficient (Wildman–Crippen LogP) is 6.01. The Kier molecular flexibility index (Phi) is 5.19. The van der Waals surface area contributed by atoms with Crippen LogP contribution in [0.4, 0.5) is 0 Å². The van der Waals surface area contributed by atoms with Crippen LogP contribution in [-0.4, -0.2) is 16.1 Å². The van der Waals surface area contributed by atoms with E-state index in [0.717, 1.165) is 26.4 Å². The van der Waals surface area contributed by atoms with Gasteiger partial charge in [0.15, 0.2) is 0 Å². The summed E-state index contributed by atoms with van der Waals surface area (Å²) in [6.45, 7) is 0. The fourth-order valence-corrected chi connectivity index (χ4v) is 3.61. The summed E-state index contributed by atoms with van der Waals surface area (Å²) in [6.07, 6.45) is 2.36. The first kappa shape index (κ1) is 17.0. The molecule has 0 aliphatic heterocycles. The summed E-state index contributed by atoms with van der Waals surface area (Å²) in [7, 11) is 0. The molecule has 0 bridgehead atoms. The largest absolute Gasteiger partial charge is 0.481 e. The maximum Gasteiger partial charge on any atom is 0.303 e. The molecule has 1 heterocycles. The van der Waals surface area contributed by atoms with Crippen LogP contribution in [0.3, 0.4) is 0 Å². The van der Waals surface area contributed by atoms with Gasteiger partial charge >= 0.3 is 5.97 Å². The van der Waals surface area contributed by atoms with E-state index in [-0.39, 0.29) is 6.42 Å². The van der Waals surface area contributed by atoms with Crippen molar-refractivity contribution in [3.63, 3.8) is 0 Å². The minimum Gasteiger partial charge on any atom is -0.481 e. The van der Waals surface area contributed by atoms with Crippen LogP contribution in [0.2, 0.25) is 10.0 Å². The number of para-hydroxylation sites is 1. The van der Waals surface area contributed by atoms with Crippen LogP contribution in [0, 0.1) is 0 Å². The lowest BCUT2D eigenvalue weighted by atomic mass is 10.1. The quantitative estimate of drug-likeness (QED) is 0.592. The Morgan fingerprint density at radius 3 is 2.62 bits per heavy atom. The average Bonchev–Trinajstić information content (AvgIpc) is 2.98. The Bertz CT molecular complexity index is 901. The number of aliphatic carboxylic acids is 1. The van der Waals surface area contributed by atoms with Crippen molar-refractivity contribution >= 4 is 62.4 Å². The average molecular weight is 378 g/mol. The summed E-state index contributed by atoms with van der Waals surface area (Å²) in [5.41, 5.74) is 2.65. The van der Waals surface area contributed by atoms with Crippen LogP contribution < -0.4 is 0 Å². The highest BCUT2D eigenvalue weighted by atomic mass is 35.5. The summed E-state index contributed by atoms with van der Waals surface area (Å²) in [5.74, 6) is -0.837. The first-order valence-corrected chi connectivity index (χ1v) is 8.83. The molecule has 0 saturated heterocycles. The third kappa shape index (κ3) is 3.96. The number of thiazole rings is 1. The van der Waals surface area contributed by atoms with Crippen molar-refractivity contribution < 1.29 is 9.90 Å². The Morgan fingerprint density at radius 2 is 1.92 bits per heavy atom. The van der Waals surface area contributed by atoms with Crippen molar-refractivity contribution in [3.05, 3.63) is 63.1 Å². The Hall–Kier alpha value is -1.88. The summed E-state index contributed by atoms with van der Waals surface area (Å²) >= 11 is 13.6. The molecular formula is C18H13Cl2NO2S. The summed E-state index contributed by atoms with van der Waals surface area (Å²) < 4.78 is 1.07. The van der Waals surface area contributed by atoms with Crippen molar-refractivity contribution in [1.82, 2.24) is 4.98 Å². The number of carboxylic acid groups (broad SMARTS) is 1. The van der Waals surface area contributed by atoms with Gasteiger partial charge in [-0.3, -0.25) is 4.79 Å². The van der Waals surface area contributed by atoms with Gasteiger partial charge in [-0.25, -0.2) is 4.98 Å². The lowest BCUT2D eigenvalue weighted by Crippen LogP contribution is -1.95. The molecule has 0 spiro atoms. The molecule has 1 aromatic heterocycles. The van der Waals surface area contributed by atoms with E-state index in [1.54, 1.807) is 23.5 Å². The molecule has 0 amide bonds. The molecule has 0 aliphatic rings. The van der Waals surface area contributed by atoms with E-state index < -0.39 is 5.97 Å². The molecule has 0 unspecified atom stereocenters. The Labute approximate surface area is 153 Å². The molecule has 0 aliphatic carbocycles. The minimum absolute atomic E-state index is 0.0447. The van der Waals surface area contributed by atoms with Crippen LogP contribution in [0.15, 0.2) is 42.5 Å². The summed E-state index contributed by atoms with van der Waals surface area (Å²) in [6, 6.07) is 13.2. The van der Waals surface area contributed by atoms with Crippen molar-refractivity contribution in [2.45, 2.75) is 12.8 Å². The highest BCUT2D eigenvalue weighted by Gasteiger charge is 2.11. The van der Waals surface area contributed by atoms with Gasteiger partial charge in [-0.15, -0.1) is 11.3 Å². The Balaban J connectivity index is 2.02. The molecule has 3 rings (SSSR count). The third-order valence-corrected chi connectivity index (χ3v) is 5.31. The molecular weight excluding hydrogens is 365 g/mol. The normalized spacial score (nSPS) is 11.8. The van der Waals surface area contributed by atoms with E-state index in [1.165, 1.54) is 0 Å². The zero-order valence-corrected chi connectivity index (χ0v) is 14.8. The number of aromatic nitrogens is 1. The fraction of sp³-hybridized carbons (Fsp3) is 0.111. The second-order valence-corrected chi connectivity index (χ2v) is 7.07. The molecule has 122 valence electrons. The number of carbonyl (C=O) groups is 1. The van der Waals surface area contributed by atoms with E-state index in [9.17, 15) is 4.79 Å². The van der Waals surface area contributed by atoms with Crippen molar-refractivity contribution in [1.29, 1.82) is 0 Å². The highest BCUT2D eigenvalue weighted by Crippen LogP contribution is 2.32. The highest BCUT2D eigenvalue weighted by molar-refractivity contribution is 7.19. The number of allylic oxidation sites excluding steroid dienone is 1. The van der Waals surface area contributed by atoms with Gasteiger partial charge in [-0.2, -0.15) is 0 Å². The Morgan fingerprint density at radius 1 is 1.12 bits per heavy atom. The van der Waals surface area contributed by atoms with Gasteiger partial charge in [0.05, 0.1) is 20.3 Å². The van der Waals surface area contributed by atoms with E-state index in [0.29, 0.717) is 16.5 Å². The van der Waals surface area contributed by atoms with E-state index in [4.69, 9.17) is 28.3 Å². The van der Waals surface area contributed by atoms with Gasteiger partial charge in [-0.05, 0) is 47.9 Å². The third-order valence-electron chi connectivity index (χ3n) is 3.46. The smallest absolute Gasteiger partial charge is 0.303 e. The molecule has 24 heavy (non-hydrogen) atoms. The number of hydrogen-bond acceptors (Lipinski definition) is 3. The summed E-state index contributed by atoms with van der Waals surface area (Å²) in [4.78, 5) is 15.6. The number of benzene rings is 2. The molecule has 1 N–H and O–H groups in total. The SMILES string of the molecule is O=C(O)CC/C(=C/c1ccc(Cl)c(Cl)c1)c1nc2ccccc2s1. The maximum absolute atomic E-state index is 11.0. The number of carboxylic acids is 1. The molecule has 3 aromatic rings. The zero-order valence-electron chi connectivity index (χ0n) is 12.5. The molecule has 0 radical (unpaired) electrons. The van der Waals surface area contributed by atoms with Gasteiger partial charge in [0.2, 0.25) is 0 Å². The summed E-state index contributed by atoms with van der Waals surface area (Å²) in [5, 5.41) is 10.8. The zero-order chi connectivity index (χ0) is 17.1. The van der Waals surface area contributed by atoms with E-state index in [2.05, 4.69) is 4.98 Å². The van der Waals surface area contributed by atoms with Crippen molar-refractivity contribution in [2.75, 3.05) is 0 Å². The second kappa shape index (κ2) is 7.34. The number of fused-ring (bicyclic) bond motifs is 1. The molecule has 0 fully saturated rings. The molecule has 0 atom stereocenters. The van der Waals surface area contributed by atoms with Gasteiger partial charge in [0.1, 0.15) is 5.01 Å². The monoisotopic (exact) mass is 377 g/mol. The van der Waals surface area contributed by atoms with Crippen LogP contribution in [0.5, 0.6) is 0 Å². The van der Waals surface area contributed by atoms with Crippen LogP contribution >= 0.6 is 34.5 Å². The van der Waals surface area contributed by atoms with E-state index in [1.807, 2.05) is 36.4 Å².